The van der Waals surface area contributed by atoms with E-state index in [9.17, 15) is 9.90 Å². The lowest BCUT2D eigenvalue weighted by atomic mass is 9.83. The van der Waals surface area contributed by atoms with Crippen molar-refractivity contribution < 1.29 is 5.11 Å². The summed E-state index contributed by atoms with van der Waals surface area (Å²) in [5.74, 6) is 0.158. The molecule has 0 unspecified atom stereocenters. The van der Waals surface area contributed by atoms with Crippen LogP contribution in [0, 0.1) is 0 Å². The molecule has 4 aromatic rings. The number of hydrogen-bond donors (Lipinski definition) is 1. The predicted octanol–water partition coefficient (Wildman–Crippen LogP) is 4.02. The molecule has 1 aliphatic carbocycles. The summed E-state index contributed by atoms with van der Waals surface area (Å²) in [6.45, 7) is 0. The average Bonchev–Trinajstić information content (AvgIpc) is 3.14. The molecule has 4 nitrogen and oxygen atoms in total. The lowest BCUT2D eigenvalue weighted by Gasteiger charge is -2.30. The molecular weight excluding hydrogens is 416 g/mol. The van der Waals surface area contributed by atoms with Crippen LogP contribution in [0.2, 0.25) is 0 Å². The predicted molar refractivity (Wildman–Crippen MR) is 127 cm³/mol. The van der Waals surface area contributed by atoms with E-state index in [2.05, 4.69) is 36.4 Å². The molecule has 0 saturated carbocycles. The molecule has 0 amide bonds. The lowest BCUT2D eigenvalue weighted by molar-refractivity contribution is 0.474. The molecule has 3 aromatic carbocycles. The summed E-state index contributed by atoms with van der Waals surface area (Å²) >= 11 is 1.38. The maximum atomic E-state index is 13.6. The number of phenolic OH excluding ortho intramolecular Hbond substituents is 1. The quantitative estimate of drug-likeness (QED) is 0.516. The van der Waals surface area contributed by atoms with Crippen LogP contribution in [-0.2, 0) is 6.42 Å². The number of aryl methyl sites for hydroxylation is 1. The summed E-state index contributed by atoms with van der Waals surface area (Å²) in [4.78, 5) is 19.3. The van der Waals surface area contributed by atoms with Crippen molar-refractivity contribution in [3.63, 3.8) is 0 Å². The van der Waals surface area contributed by atoms with Crippen LogP contribution in [-0.4, -0.2) is 9.67 Å². The summed E-state index contributed by atoms with van der Waals surface area (Å²) in [5, 5.41) is 10.2. The standard InChI is InChI=1S/C27H20N2O2S/c30-22-13-7-5-11-19(22)16-23-26(31)29-25(18-9-2-1-3-10-18)21-15-14-17-8-4-6-12-20(17)24(21)28-27(29)32-23/h1-13,16,25,30H,14-15H2/t25-/m0/s1. The monoisotopic (exact) mass is 436 g/mol. The third-order valence-corrected chi connectivity index (χ3v) is 7.19. The molecule has 5 heteroatoms. The second kappa shape index (κ2) is 7.46. The molecule has 2 aliphatic rings. The van der Waals surface area contributed by atoms with Crippen LogP contribution < -0.4 is 14.9 Å². The Morgan fingerprint density at radius 3 is 2.53 bits per heavy atom. The highest BCUT2D eigenvalue weighted by molar-refractivity contribution is 7.07. The van der Waals surface area contributed by atoms with Crippen molar-refractivity contribution in [3.05, 3.63) is 126 Å². The van der Waals surface area contributed by atoms with E-state index in [0.29, 0.717) is 14.9 Å². The van der Waals surface area contributed by atoms with Gasteiger partial charge in [-0.2, -0.15) is 0 Å². The number of fused-ring (bicyclic) bond motifs is 3. The first kappa shape index (κ1) is 19.0. The maximum absolute atomic E-state index is 13.6. The van der Waals surface area contributed by atoms with Crippen LogP contribution in [0.3, 0.4) is 0 Å². The molecule has 6 rings (SSSR count). The van der Waals surface area contributed by atoms with Gasteiger partial charge in [0.15, 0.2) is 4.80 Å². The SMILES string of the molecule is O=c1c(=Cc2ccccc2O)sc2n1[C@@H](c1ccccc1)C1=C(N=2)c2ccccc2CC1. The first-order valence-electron chi connectivity index (χ1n) is 10.7. The molecule has 0 radical (unpaired) electrons. The van der Waals surface area contributed by atoms with Crippen molar-refractivity contribution in [1.82, 2.24) is 4.57 Å². The topological polar surface area (TPSA) is 54.6 Å². The Balaban J connectivity index is 1.65. The molecule has 0 spiro atoms. The zero-order valence-corrected chi connectivity index (χ0v) is 18.0. The minimum absolute atomic E-state index is 0.0729. The zero-order chi connectivity index (χ0) is 21.7. The second-order valence-electron chi connectivity index (χ2n) is 8.08. The van der Waals surface area contributed by atoms with E-state index in [1.165, 1.54) is 22.5 Å². The van der Waals surface area contributed by atoms with Crippen LogP contribution >= 0.6 is 11.3 Å². The number of phenols is 1. The summed E-state index contributed by atoms with van der Waals surface area (Å²) in [6.07, 6.45) is 3.58. The molecule has 32 heavy (non-hydrogen) atoms. The first-order chi connectivity index (χ1) is 15.7. The molecule has 156 valence electrons. The van der Waals surface area contributed by atoms with Crippen LogP contribution in [0.1, 0.15) is 34.7 Å². The van der Waals surface area contributed by atoms with Crippen molar-refractivity contribution in [2.24, 2.45) is 4.99 Å². The van der Waals surface area contributed by atoms with Gasteiger partial charge in [0, 0.05) is 11.1 Å². The molecule has 1 aliphatic heterocycles. The molecule has 1 atom stereocenters. The number of rotatable bonds is 2. The van der Waals surface area contributed by atoms with E-state index in [1.54, 1.807) is 18.2 Å². The van der Waals surface area contributed by atoms with E-state index in [-0.39, 0.29) is 17.4 Å². The minimum atomic E-state index is -0.178. The van der Waals surface area contributed by atoms with Gasteiger partial charge in [-0.15, -0.1) is 0 Å². The molecule has 2 heterocycles. The number of para-hydroxylation sites is 1. The Labute approximate surface area is 188 Å². The van der Waals surface area contributed by atoms with Crippen molar-refractivity contribution in [2.75, 3.05) is 0 Å². The smallest absolute Gasteiger partial charge is 0.271 e. The largest absolute Gasteiger partial charge is 0.507 e. The Morgan fingerprint density at radius 1 is 0.938 bits per heavy atom. The van der Waals surface area contributed by atoms with Gasteiger partial charge in [-0.05, 0) is 41.7 Å². The normalized spacial score (nSPS) is 17.4. The van der Waals surface area contributed by atoms with E-state index >= 15 is 0 Å². The van der Waals surface area contributed by atoms with Gasteiger partial charge in [0.05, 0.1) is 16.3 Å². The Hall–Kier alpha value is -3.70. The number of aromatic nitrogens is 1. The van der Waals surface area contributed by atoms with E-state index in [0.717, 1.165) is 29.7 Å². The third kappa shape index (κ3) is 2.97. The van der Waals surface area contributed by atoms with Crippen molar-refractivity contribution in [3.8, 4) is 5.75 Å². The fourth-order valence-electron chi connectivity index (χ4n) is 4.71. The van der Waals surface area contributed by atoms with E-state index < -0.39 is 0 Å². The van der Waals surface area contributed by atoms with Gasteiger partial charge in [0.25, 0.3) is 5.56 Å². The van der Waals surface area contributed by atoms with Gasteiger partial charge in [0.2, 0.25) is 0 Å². The Morgan fingerprint density at radius 2 is 1.69 bits per heavy atom. The lowest BCUT2D eigenvalue weighted by Crippen LogP contribution is -2.38. The number of benzene rings is 3. The number of aromatic hydroxyl groups is 1. The fourth-order valence-corrected chi connectivity index (χ4v) is 5.70. The number of nitrogens with zero attached hydrogens (tertiary/aromatic N) is 2. The van der Waals surface area contributed by atoms with Gasteiger partial charge in [-0.25, -0.2) is 4.99 Å². The molecule has 0 fully saturated rings. The van der Waals surface area contributed by atoms with E-state index in [1.807, 2.05) is 34.9 Å². The summed E-state index contributed by atoms with van der Waals surface area (Å²) in [5.41, 5.74) is 6.29. The molecule has 0 bridgehead atoms. The molecule has 0 saturated heterocycles. The van der Waals surface area contributed by atoms with Gasteiger partial charge < -0.3 is 5.11 Å². The number of allylic oxidation sites excluding steroid dienone is 1. The van der Waals surface area contributed by atoms with Crippen LogP contribution in [0.15, 0.2) is 94.2 Å². The molecule has 1 N–H and O–H groups in total. The van der Waals surface area contributed by atoms with Crippen molar-refractivity contribution >= 4 is 23.1 Å². The fraction of sp³-hybridized carbons (Fsp3) is 0.111. The van der Waals surface area contributed by atoms with Crippen LogP contribution in [0.25, 0.3) is 11.8 Å². The Bertz CT molecular complexity index is 1560. The third-order valence-electron chi connectivity index (χ3n) is 6.21. The second-order valence-corrected chi connectivity index (χ2v) is 9.09. The minimum Gasteiger partial charge on any atom is -0.507 e. The van der Waals surface area contributed by atoms with E-state index in [4.69, 9.17) is 4.99 Å². The van der Waals surface area contributed by atoms with Crippen molar-refractivity contribution in [1.29, 1.82) is 0 Å². The zero-order valence-electron chi connectivity index (χ0n) is 17.2. The van der Waals surface area contributed by atoms with Gasteiger partial charge in [0.1, 0.15) is 5.75 Å². The van der Waals surface area contributed by atoms with Crippen LogP contribution in [0.5, 0.6) is 5.75 Å². The first-order valence-corrected chi connectivity index (χ1v) is 11.5. The van der Waals surface area contributed by atoms with Gasteiger partial charge in [-0.1, -0.05) is 84.1 Å². The highest BCUT2D eigenvalue weighted by Crippen LogP contribution is 2.41. The number of hydrogen-bond acceptors (Lipinski definition) is 4. The molecule has 1 aromatic heterocycles. The molecular formula is C27H20N2O2S. The highest BCUT2D eigenvalue weighted by atomic mass is 32.1. The highest BCUT2D eigenvalue weighted by Gasteiger charge is 2.32. The summed E-state index contributed by atoms with van der Waals surface area (Å²) in [7, 11) is 0. The van der Waals surface area contributed by atoms with Crippen LogP contribution in [0.4, 0.5) is 0 Å². The summed E-state index contributed by atoms with van der Waals surface area (Å²) in [6, 6.07) is 25.5. The maximum Gasteiger partial charge on any atom is 0.271 e. The van der Waals surface area contributed by atoms with Crippen molar-refractivity contribution in [2.45, 2.75) is 18.9 Å². The number of thiazole rings is 1. The van der Waals surface area contributed by atoms with Gasteiger partial charge in [-0.3, -0.25) is 9.36 Å². The van der Waals surface area contributed by atoms with Gasteiger partial charge >= 0.3 is 0 Å². The summed E-state index contributed by atoms with van der Waals surface area (Å²) < 4.78 is 2.40. The average molecular weight is 437 g/mol. The Kier molecular flexibility index (Phi) is 4.44.